The zero-order valence-electron chi connectivity index (χ0n) is 8.45. The monoisotopic (exact) mass is 200 g/mol. The van der Waals surface area contributed by atoms with E-state index < -0.39 is 0 Å². The molecule has 0 aliphatic heterocycles. The molecule has 0 atom stereocenters. The number of aryl methyl sites for hydroxylation is 1. The smallest absolute Gasteiger partial charge is 0.248 e. The van der Waals surface area contributed by atoms with E-state index in [0.29, 0.717) is 5.69 Å². The van der Waals surface area contributed by atoms with Crippen LogP contribution in [0.3, 0.4) is 0 Å². The standard InChI is InChI=1S/C12H12N2O/c1-8-2-3-10(11(13)6-8)9-4-5-14-12(15)7-9/h2-7H,13H2,1H3,(H,14,15). The van der Waals surface area contributed by atoms with Gasteiger partial charge in [-0.1, -0.05) is 12.1 Å². The molecule has 1 aromatic heterocycles. The molecule has 0 fully saturated rings. The lowest BCUT2D eigenvalue weighted by Crippen LogP contribution is -2.02. The second-order valence-corrected chi connectivity index (χ2v) is 3.53. The third-order valence-corrected chi connectivity index (χ3v) is 2.29. The van der Waals surface area contributed by atoms with Crippen LogP contribution in [0.1, 0.15) is 5.56 Å². The Morgan fingerprint density at radius 1 is 1.20 bits per heavy atom. The Hall–Kier alpha value is -2.03. The number of nitrogen functional groups attached to an aromatic ring is 1. The van der Waals surface area contributed by atoms with E-state index in [1.54, 1.807) is 12.3 Å². The Bertz CT molecular complexity index is 543. The highest BCUT2D eigenvalue weighted by atomic mass is 16.1. The van der Waals surface area contributed by atoms with Gasteiger partial charge in [0.2, 0.25) is 5.56 Å². The molecule has 76 valence electrons. The number of hydrogen-bond donors (Lipinski definition) is 2. The summed E-state index contributed by atoms with van der Waals surface area (Å²) in [6, 6.07) is 9.19. The van der Waals surface area contributed by atoms with Gasteiger partial charge in [0, 0.05) is 23.5 Å². The molecule has 0 radical (unpaired) electrons. The average Bonchev–Trinajstić information content (AvgIpc) is 2.17. The number of anilines is 1. The molecule has 2 rings (SSSR count). The maximum Gasteiger partial charge on any atom is 0.248 e. The van der Waals surface area contributed by atoms with Gasteiger partial charge in [0.1, 0.15) is 0 Å². The van der Waals surface area contributed by atoms with Crippen LogP contribution in [0, 0.1) is 6.92 Å². The van der Waals surface area contributed by atoms with E-state index >= 15 is 0 Å². The summed E-state index contributed by atoms with van der Waals surface area (Å²) in [5.74, 6) is 0. The maximum atomic E-state index is 11.1. The predicted molar refractivity (Wildman–Crippen MR) is 61.6 cm³/mol. The first kappa shape index (κ1) is 9.52. The van der Waals surface area contributed by atoms with Gasteiger partial charge in [-0.15, -0.1) is 0 Å². The highest BCUT2D eigenvalue weighted by molar-refractivity contribution is 5.76. The molecule has 1 heterocycles. The predicted octanol–water partition coefficient (Wildman–Crippen LogP) is 1.93. The number of aromatic amines is 1. The van der Waals surface area contributed by atoms with Crippen LogP contribution in [0.5, 0.6) is 0 Å². The summed E-state index contributed by atoms with van der Waals surface area (Å²) in [5.41, 5.74) is 9.32. The quantitative estimate of drug-likeness (QED) is 0.691. The van der Waals surface area contributed by atoms with E-state index in [1.807, 2.05) is 31.2 Å². The van der Waals surface area contributed by atoms with Gasteiger partial charge in [-0.25, -0.2) is 0 Å². The molecule has 2 aromatic rings. The summed E-state index contributed by atoms with van der Waals surface area (Å²) in [6.07, 6.45) is 1.62. The normalized spacial score (nSPS) is 10.2. The lowest BCUT2D eigenvalue weighted by molar-refractivity contribution is 1.24. The molecular weight excluding hydrogens is 188 g/mol. The highest BCUT2D eigenvalue weighted by Gasteiger charge is 2.02. The Labute approximate surface area is 87.6 Å². The summed E-state index contributed by atoms with van der Waals surface area (Å²) >= 11 is 0. The van der Waals surface area contributed by atoms with Crippen molar-refractivity contribution in [1.29, 1.82) is 0 Å². The minimum atomic E-state index is -0.118. The zero-order valence-corrected chi connectivity index (χ0v) is 8.45. The lowest BCUT2D eigenvalue weighted by Gasteiger charge is -2.05. The van der Waals surface area contributed by atoms with E-state index in [2.05, 4.69) is 4.98 Å². The van der Waals surface area contributed by atoms with Crippen molar-refractivity contribution in [3.63, 3.8) is 0 Å². The molecule has 3 heteroatoms. The van der Waals surface area contributed by atoms with Gasteiger partial charge >= 0.3 is 0 Å². The van der Waals surface area contributed by atoms with Gasteiger partial charge in [-0.2, -0.15) is 0 Å². The Kier molecular flexibility index (Phi) is 2.29. The van der Waals surface area contributed by atoms with E-state index in [1.165, 1.54) is 0 Å². The van der Waals surface area contributed by atoms with Gasteiger partial charge in [0.25, 0.3) is 0 Å². The van der Waals surface area contributed by atoms with E-state index in [9.17, 15) is 4.79 Å². The number of hydrogen-bond acceptors (Lipinski definition) is 2. The lowest BCUT2D eigenvalue weighted by atomic mass is 10.0. The Balaban J connectivity index is 2.59. The number of nitrogens with two attached hydrogens (primary N) is 1. The molecule has 0 amide bonds. The zero-order chi connectivity index (χ0) is 10.8. The van der Waals surface area contributed by atoms with Crippen LogP contribution in [-0.2, 0) is 0 Å². The van der Waals surface area contributed by atoms with Crippen molar-refractivity contribution in [3.05, 3.63) is 52.4 Å². The molecule has 0 saturated heterocycles. The Morgan fingerprint density at radius 2 is 2.00 bits per heavy atom. The highest BCUT2D eigenvalue weighted by Crippen LogP contribution is 2.24. The van der Waals surface area contributed by atoms with Crippen molar-refractivity contribution >= 4 is 5.69 Å². The van der Waals surface area contributed by atoms with Crippen molar-refractivity contribution in [3.8, 4) is 11.1 Å². The number of nitrogens with one attached hydrogen (secondary N) is 1. The topological polar surface area (TPSA) is 58.9 Å². The summed E-state index contributed by atoms with van der Waals surface area (Å²) in [7, 11) is 0. The molecule has 0 spiro atoms. The fraction of sp³-hybridized carbons (Fsp3) is 0.0833. The maximum absolute atomic E-state index is 11.1. The molecule has 3 nitrogen and oxygen atoms in total. The van der Waals surface area contributed by atoms with Crippen LogP contribution in [0.2, 0.25) is 0 Å². The van der Waals surface area contributed by atoms with Crippen molar-refractivity contribution in [1.82, 2.24) is 4.98 Å². The van der Waals surface area contributed by atoms with Crippen LogP contribution in [0.4, 0.5) is 5.69 Å². The minimum absolute atomic E-state index is 0.118. The van der Waals surface area contributed by atoms with E-state index in [4.69, 9.17) is 5.73 Å². The van der Waals surface area contributed by atoms with Gasteiger partial charge in [0.15, 0.2) is 0 Å². The number of H-pyrrole nitrogens is 1. The van der Waals surface area contributed by atoms with E-state index in [0.717, 1.165) is 16.7 Å². The second-order valence-electron chi connectivity index (χ2n) is 3.53. The fourth-order valence-electron chi connectivity index (χ4n) is 1.56. The molecular formula is C12H12N2O. The molecule has 3 N–H and O–H groups in total. The van der Waals surface area contributed by atoms with Crippen LogP contribution in [-0.4, -0.2) is 4.98 Å². The molecule has 0 saturated carbocycles. The largest absolute Gasteiger partial charge is 0.398 e. The third-order valence-electron chi connectivity index (χ3n) is 2.29. The van der Waals surface area contributed by atoms with Gasteiger partial charge < -0.3 is 10.7 Å². The molecule has 0 aliphatic carbocycles. The average molecular weight is 200 g/mol. The van der Waals surface area contributed by atoms with Crippen LogP contribution < -0.4 is 11.3 Å². The summed E-state index contributed by atoms with van der Waals surface area (Å²) in [6.45, 7) is 1.98. The SMILES string of the molecule is Cc1ccc(-c2cc[nH]c(=O)c2)c(N)c1. The summed E-state index contributed by atoms with van der Waals surface area (Å²) in [4.78, 5) is 13.7. The second kappa shape index (κ2) is 3.61. The van der Waals surface area contributed by atoms with Crippen LogP contribution in [0.25, 0.3) is 11.1 Å². The number of aromatic nitrogens is 1. The van der Waals surface area contributed by atoms with Crippen LogP contribution >= 0.6 is 0 Å². The molecule has 0 bridgehead atoms. The van der Waals surface area contributed by atoms with Gasteiger partial charge in [-0.05, 0) is 30.2 Å². The van der Waals surface area contributed by atoms with Crippen molar-refractivity contribution < 1.29 is 0 Å². The Morgan fingerprint density at radius 3 is 2.67 bits per heavy atom. The first-order chi connectivity index (χ1) is 7.16. The van der Waals surface area contributed by atoms with E-state index in [-0.39, 0.29) is 5.56 Å². The summed E-state index contributed by atoms with van der Waals surface area (Å²) in [5, 5.41) is 0. The molecule has 0 aliphatic rings. The number of pyridine rings is 1. The van der Waals surface area contributed by atoms with Gasteiger partial charge in [0.05, 0.1) is 0 Å². The number of benzene rings is 1. The first-order valence-electron chi connectivity index (χ1n) is 4.72. The number of rotatable bonds is 1. The van der Waals surface area contributed by atoms with Crippen LogP contribution in [0.15, 0.2) is 41.3 Å². The first-order valence-corrected chi connectivity index (χ1v) is 4.72. The third kappa shape index (κ3) is 1.91. The molecule has 15 heavy (non-hydrogen) atoms. The van der Waals surface area contributed by atoms with Crippen molar-refractivity contribution in [2.45, 2.75) is 6.92 Å². The minimum Gasteiger partial charge on any atom is -0.398 e. The van der Waals surface area contributed by atoms with Gasteiger partial charge in [-0.3, -0.25) is 4.79 Å². The molecule has 0 unspecified atom stereocenters. The van der Waals surface area contributed by atoms with Crippen molar-refractivity contribution in [2.24, 2.45) is 0 Å². The van der Waals surface area contributed by atoms with Crippen molar-refractivity contribution in [2.75, 3.05) is 5.73 Å². The summed E-state index contributed by atoms with van der Waals surface area (Å²) < 4.78 is 0. The molecule has 1 aromatic carbocycles. The fourth-order valence-corrected chi connectivity index (χ4v) is 1.56.